The van der Waals surface area contributed by atoms with Crippen LogP contribution in [0.25, 0.3) is 0 Å². The van der Waals surface area contributed by atoms with Crippen molar-refractivity contribution in [2.24, 2.45) is 11.7 Å². The van der Waals surface area contributed by atoms with Gasteiger partial charge in [0.2, 0.25) is 0 Å². The second-order valence-electron chi connectivity index (χ2n) is 5.23. The summed E-state index contributed by atoms with van der Waals surface area (Å²) in [6.07, 6.45) is 1.90. The van der Waals surface area contributed by atoms with E-state index in [1.54, 1.807) is 0 Å². The highest BCUT2D eigenvalue weighted by Crippen LogP contribution is 2.22. The molecule has 0 saturated carbocycles. The van der Waals surface area contributed by atoms with Gasteiger partial charge < -0.3 is 5.73 Å². The Morgan fingerprint density at radius 3 is 2.40 bits per heavy atom. The topological polar surface area (TPSA) is 26.0 Å². The summed E-state index contributed by atoms with van der Waals surface area (Å²) in [7, 11) is 0. The van der Waals surface area contributed by atoms with Crippen LogP contribution in [0.4, 0.5) is 0 Å². The molecule has 0 heterocycles. The molecule has 3 heteroatoms. The quantitative estimate of drug-likeness (QED) is 0.824. The van der Waals surface area contributed by atoms with Crippen molar-refractivity contribution in [2.75, 3.05) is 6.54 Å². The van der Waals surface area contributed by atoms with Gasteiger partial charge in [0.15, 0.2) is 0 Å². The Bertz CT molecular complexity index is 566. The molecule has 0 amide bonds. The van der Waals surface area contributed by atoms with Gasteiger partial charge in [-0.3, -0.25) is 0 Å². The summed E-state index contributed by atoms with van der Waals surface area (Å²) in [5.41, 5.74) is 9.61. The van der Waals surface area contributed by atoms with Gasteiger partial charge in [-0.2, -0.15) is 0 Å². The number of hydrogen-bond donors (Lipinski definition) is 1. The van der Waals surface area contributed by atoms with E-state index < -0.39 is 0 Å². The minimum absolute atomic E-state index is 0.413. The summed E-state index contributed by atoms with van der Waals surface area (Å²) in [5.74, 6) is 0.413. The smallest absolute Gasteiger partial charge is 0.0440 e. The second kappa shape index (κ2) is 7.26. The van der Waals surface area contributed by atoms with Crippen molar-refractivity contribution in [1.29, 1.82) is 0 Å². The number of nitrogens with two attached hydrogens (primary N) is 1. The molecular formula is C17H19BrClN. The van der Waals surface area contributed by atoms with Crippen LogP contribution in [0.2, 0.25) is 5.02 Å². The molecular weight excluding hydrogens is 334 g/mol. The first kappa shape index (κ1) is 15.6. The van der Waals surface area contributed by atoms with Gasteiger partial charge in [0, 0.05) is 9.50 Å². The fourth-order valence-electron chi connectivity index (χ4n) is 2.32. The summed E-state index contributed by atoms with van der Waals surface area (Å²) in [6, 6.07) is 14.7. The number of aryl methyl sites for hydroxylation is 1. The van der Waals surface area contributed by atoms with E-state index >= 15 is 0 Å². The lowest BCUT2D eigenvalue weighted by molar-refractivity contribution is 0.533. The van der Waals surface area contributed by atoms with E-state index in [0.29, 0.717) is 12.5 Å². The zero-order valence-electron chi connectivity index (χ0n) is 11.6. The average molecular weight is 353 g/mol. The molecule has 1 nitrogen and oxygen atoms in total. The molecule has 0 bridgehead atoms. The standard InChI is InChI=1S/C17H19BrClN/c1-12-2-5-15(17(19)8-12)10-14(11-20)9-13-3-6-16(18)7-4-13/h2-8,14H,9-11,20H2,1H3. The van der Waals surface area contributed by atoms with E-state index in [4.69, 9.17) is 17.3 Å². The van der Waals surface area contributed by atoms with Crippen LogP contribution in [0.1, 0.15) is 16.7 Å². The first-order valence-electron chi connectivity index (χ1n) is 6.78. The van der Waals surface area contributed by atoms with Crippen molar-refractivity contribution >= 4 is 27.5 Å². The average Bonchev–Trinajstić information content (AvgIpc) is 2.43. The van der Waals surface area contributed by atoms with Gasteiger partial charge >= 0.3 is 0 Å². The minimum atomic E-state index is 0.413. The lowest BCUT2D eigenvalue weighted by Crippen LogP contribution is -2.19. The Morgan fingerprint density at radius 2 is 1.80 bits per heavy atom. The van der Waals surface area contributed by atoms with Crippen LogP contribution in [0.5, 0.6) is 0 Å². The SMILES string of the molecule is Cc1ccc(CC(CN)Cc2ccc(Br)cc2)c(Cl)c1. The minimum Gasteiger partial charge on any atom is -0.330 e. The molecule has 2 aromatic carbocycles. The Balaban J connectivity index is 2.07. The molecule has 0 aromatic heterocycles. The van der Waals surface area contributed by atoms with Crippen molar-refractivity contribution in [3.63, 3.8) is 0 Å². The van der Waals surface area contributed by atoms with Crippen molar-refractivity contribution in [1.82, 2.24) is 0 Å². The van der Waals surface area contributed by atoms with Gasteiger partial charge in [0.1, 0.15) is 0 Å². The van der Waals surface area contributed by atoms with Crippen molar-refractivity contribution in [2.45, 2.75) is 19.8 Å². The van der Waals surface area contributed by atoms with E-state index in [0.717, 1.165) is 22.3 Å². The van der Waals surface area contributed by atoms with Crippen LogP contribution in [-0.2, 0) is 12.8 Å². The van der Waals surface area contributed by atoms with Crippen LogP contribution in [0, 0.1) is 12.8 Å². The third-order valence-electron chi connectivity index (χ3n) is 3.49. The number of rotatable bonds is 5. The number of hydrogen-bond acceptors (Lipinski definition) is 1. The molecule has 0 saturated heterocycles. The van der Waals surface area contributed by atoms with Gasteiger partial charge in [-0.1, -0.05) is 51.8 Å². The highest BCUT2D eigenvalue weighted by Gasteiger charge is 2.11. The summed E-state index contributed by atoms with van der Waals surface area (Å²) in [4.78, 5) is 0. The molecule has 106 valence electrons. The van der Waals surface area contributed by atoms with E-state index in [1.165, 1.54) is 16.7 Å². The third-order valence-corrected chi connectivity index (χ3v) is 4.37. The number of halogens is 2. The Labute approximate surface area is 134 Å². The molecule has 0 fully saturated rings. The maximum absolute atomic E-state index is 6.31. The Hall–Kier alpha value is -0.830. The number of benzene rings is 2. The molecule has 2 aromatic rings. The Kier molecular flexibility index (Phi) is 5.64. The van der Waals surface area contributed by atoms with Crippen molar-refractivity contribution in [3.8, 4) is 0 Å². The lowest BCUT2D eigenvalue weighted by Gasteiger charge is -2.16. The molecule has 0 spiro atoms. The molecule has 1 unspecified atom stereocenters. The van der Waals surface area contributed by atoms with Crippen LogP contribution < -0.4 is 5.73 Å². The van der Waals surface area contributed by atoms with E-state index in [9.17, 15) is 0 Å². The molecule has 0 aliphatic heterocycles. The van der Waals surface area contributed by atoms with Crippen LogP contribution in [0.3, 0.4) is 0 Å². The molecule has 1 atom stereocenters. The normalized spacial score (nSPS) is 12.4. The summed E-state index contributed by atoms with van der Waals surface area (Å²) < 4.78 is 1.10. The summed E-state index contributed by atoms with van der Waals surface area (Å²) >= 11 is 9.76. The fraction of sp³-hybridized carbons (Fsp3) is 0.294. The van der Waals surface area contributed by atoms with Crippen LogP contribution in [0.15, 0.2) is 46.9 Å². The lowest BCUT2D eigenvalue weighted by atomic mass is 9.92. The van der Waals surface area contributed by atoms with Gasteiger partial charge in [-0.05, 0) is 67.1 Å². The van der Waals surface area contributed by atoms with Gasteiger partial charge in [0.25, 0.3) is 0 Å². The molecule has 2 N–H and O–H groups in total. The first-order chi connectivity index (χ1) is 9.58. The summed E-state index contributed by atoms with van der Waals surface area (Å²) in [6.45, 7) is 2.72. The first-order valence-corrected chi connectivity index (χ1v) is 7.95. The van der Waals surface area contributed by atoms with Crippen molar-refractivity contribution in [3.05, 3.63) is 68.7 Å². The summed E-state index contributed by atoms with van der Waals surface area (Å²) in [5, 5.41) is 0.847. The highest BCUT2D eigenvalue weighted by molar-refractivity contribution is 9.10. The van der Waals surface area contributed by atoms with E-state index in [-0.39, 0.29) is 0 Å². The maximum Gasteiger partial charge on any atom is 0.0440 e. The molecule has 20 heavy (non-hydrogen) atoms. The van der Waals surface area contributed by atoms with E-state index in [1.807, 2.05) is 6.07 Å². The van der Waals surface area contributed by atoms with Gasteiger partial charge in [0.05, 0.1) is 0 Å². The van der Waals surface area contributed by atoms with Gasteiger partial charge in [-0.25, -0.2) is 0 Å². The van der Waals surface area contributed by atoms with E-state index in [2.05, 4.69) is 59.3 Å². The second-order valence-corrected chi connectivity index (χ2v) is 6.55. The predicted molar refractivity (Wildman–Crippen MR) is 90.3 cm³/mol. The predicted octanol–water partition coefficient (Wildman–Crippen LogP) is 4.77. The zero-order valence-corrected chi connectivity index (χ0v) is 13.9. The molecule has 0 aliphatic rings. The Morgan fingerprint density at radius 1 is 1.10 bits per heavy atom. The molecule has 0 aliphatic carbocycles. The highest BCUT2D eigenvalue weighted by atomic mass is 79.9. The monoisotopic (exact) mass is 351 g/mol. The molecule has 2 rings (SSSR count). The molecule has 0 radical (unpaired) electrons. The largest absolute Gasteiger partial charge is 0.330 e. The van der Waals surface area contributed by atoms with Gasteiger partial charge in [-0.15, -0.1) is 0 Å². The fourth-order valence-corrected chi connectivity index (χ4v) is 2.90. The third kappa shape index (κ3) is 4.34. The van der Waals surface area contributed by atoms with Crippen LogP contribution in [-0.4, -0.2) is 6.54 Å². The van der Waals surface area contributed by atoms with Crippen molar-refractivity contribution < 1.29 is 0 Å². The maximum atomic E-state index is 6.31. The van der Waals surface area contributed by atoms with Crippen LogP contribution >= 0.6 is 27.5 Å². The zero-order chi connectivity index (χ0) is 14.5.